The summed E-state index contributed by atoms with van der Waals surface area (Å²) in [5.41, 5.74) is -0.513. The highest BCUT2D eigenvalue weighted by atomic mass is 16.6. The van der Waals surface area contributed by atoms with Gasteiger partial charge in [0.15, 0.2) is 0 Å². The van der Waals surface area contributed by atoms with Crippen molar-refractivity contribution in [2.24, 2.45) is 0 Å². The van der Waals surface area contributed by atoms with Crippen molar-refractivity contribution in [1.29, 1.82) is 0 Å². The van der Waals surface area contributed by atoms with Gasteiger partial charge in [0.05, 0.1) is 5.60 Å². The first-order valence-electron chi connectivity index (χ1n) is 3.02. The quantitative estimate of drug-likeness (QED) is 0.548. The second-order valence-corrected chi connectivity index (χ2v) is 2.53. The number of carbonyl (C=O) groups is 1. The Labute approximate surface area is 61.3 Å². The minimum absolute atomic E-state index is 0.373. The van der Waals surface area contributed by atoms with E-state index in [0.717, 1.165) is 0 Å². The van der Waals surface area contributed by atoms with Gasteiger partial charge in [0.2, 0.25) is 0 Å². The van der Waals surface area contributed by atoms with Crippen molar-refractivity contribution in [3.8, 4) is 0 Å². The molecule has 0 aromatic heterocycles. The maximum atomic E-state index is 9.86. The van der Waals surface area contributed by atoms with Gasteiger partial charge in [-0.25, -0.2) is 0 Å². The van der Waals surface area contributed by atoms with Gasteiger partial charge in [-0.3, -0.25) is 4.79 Å². The Kier molecular flexibility index (Phi) is 3.36. The van der Waals surface area contributed by atoms with Gasteiger partial charge in [0.25, 0.3) is 6.47 Å². The molecule has 3 nitrogen and oxygen atoms in total. The summed E-state index contributed by atoms with van der Waals surface area (Å²) < 4.78 is 9.59. The van der Waals surface area contributed by atoms with Crippen LogP contribution in [0.5, 0.6) is 0 Å². The summed E-state index contributed by atoms with van der Waals surface area (Å²) in [5.74, 6) is 0. The van der Waals surface area contributed by atoms with E-state index in [1.165, 1.54) is 0 Å². The number of ether oxygens (including phenoxy) is 2. The highest BCUT2D eigenvalue weighted by Crippen LogP contribution is 2.14. The zero-order valence-electron chi connectivity index (χ0n) is 6.59. The molecular weight excluding hydrogens is 132 g/mol. The molecule has 0 amide bonds. The van der Waals surface area contributed by atoms with E-state index >= 15 is 0 Å². The molecule has 0 aliphatic carbocycles. The predicted octanol–water partition coefficient (Wildman–Crippen LogP) is 0.787. The molecule has 0 saturated carbocycles. The van der Waals surface area contributed by atoms with Crippen LogP contribution in [0, 0.1) is 6.92 Å². The van der Waals surface area contributed by atoms with Gasteiger partial charge in [0.1, 0.15) is 6.10 Å². The van der Waals surface area contributed by atoms with Gasteiger partial charge in [0, 0.05) is 7.11 Å². The molecule has 1 atom stereocenters. The minimum Gasteiger partial charge on any atom is -0.462 e. The lowest BCUT2D eigenvalue weighted by Crippen LogP contribution is -2.37. The summed E-state index contributed by atoms with van der Waals surface area (Å²) in [6.07, 6.45) is -0.463. The average molecular weight is 145 g/mol. The van der Waals surface area contributed by atoms with E-state index in [1.807, 2.05) is 0 Å². The molecule has 3 heteroatoms. The van der Waals surface area contributed by atoms with Crippen LogP contribution < -0.4 is 0 Å². The fourth-order valence-corrected chi connectivity index (χ4v) is 0.362. The second kappa shape index (κ2) is 3.56. The fraction of sp³-hybridized carbons (Fsp3) is 0.714. The Bertz CT molecular complexity index is 109. The van der Waals surface area contributed by atoms with Crippen LogP contribution in [-0.4, -0.2) is 25.3 Å². The third-order valence-corrected chi connectivity index (χ3v) is 1.52. The molecule has 0 saturated heterocycles. The Balaban J connectivity index is 3.89. The van der Waals surface area contributed by atoms with Crippen LogP contribution in [0.3, 0.4) is 0 Å². The lowest BCUT2D eigenvalue weighted by atomic mass is 10.0. The average Bonchev–Trinajstić information content (AvgIpc) is 1.89. The first-order valence-corrected chi connectivity index (χ1v) is 3.02. The van der Waals surface area contributed by atoms with Crippen molar-refractivity contribution >= 4 is 6.47 Å². The number of hydrogen-bond donors (Lipinski definition) is 0. The zero-order valence-corrected chi connectivity index (χ0v) is 6.59. The predicted molar refractivity (Wildman–Crippen MR) is 37.4 cm³/mol. The Morgan fingerprint density at radius 2 is 2.10 bits per heavy atom. The molecule has 0 N–H and O–H groups in total. The van der Waals surface area contributed by atoms with Gasteiger partial charge < -0.3 is 9.47 Å². The van der Waals surface area contributed by atoms with Gasteiger partial charge in [-0.05, 0) is 20.8 Å². The van der Waals surface area contributed by atoms with E-state index in [2.05, 4.69) is 11.7 Å². The third kappa shape index (κ3) is 2.35. The van der Waals surface area contributed by atoms with E-state index in [9.17, 15) is 4.79 Å². The maximum absolute atomic E-state index is 9.86. The molecule has 0 rings (SSSR count). The molecule has 0 aromatic rings. The summed E-state index contributed by atoms with van der Waals surface area (Å²) in [7, 11) is 1.55. The van der Waals surface area contributed by atoms with Crippen molar-refractivity contribution < 1.29 is 14.3 Å². The van der Waals surface area contributed by atoms with E-state index in [1.54, 1.807) is 21.0 Å². The summed E-state index contributed by atoms with van der Waals surface area (Å²) in [4.78, 5) is 9.86. The highest BCUT2D eigenvalue weighted by molar-refractivity contribution is 5.37. The van der Waals surface area contributed by atoms with E-state index in [0.29, 0.717) is 6.47 Å². The normalized spacial score (nSPS) is 14.4. The van der Waals surface area contributed by atoms with Crippen LogP contribution in [0.1, 0.15) is 13.8 Å². The topological polar surface area (TPSA) is 35.5 Å². The number of rotatable bonds is 4. The minimum atomic E-state index is -0.513. The molecule has 0 heterocycles. The molecule has 0 spiro atoms. The van der Waals surface area contributed by atoms with E-state index in [4.69, 9.17) is 4.74 Å². The summed E-state index contributed by atoms with van der Waals surface area (Å²) in [6.45, 7) is 7.56. The van der Waals surface area contributed by atoms with Gasteiger partial charge in [-0.15, -0.1) is 0 Å². The van der Waals surface area contributed by atoms with Crippen LogP contribution in [0.25, 0.3) is 0 Å². The number of methoxy groups -OCH3 is 1. The largest absolute Gasteiger partial charge is 0.462 e. The number of carbonyl (C=O) groups excluding carboxylic acids is 1. The zero-order chi connectivity index (χ0) is 8.20. The lowest BCUT2D eigenvalue weighted by molar-refractivity contribution is -0.144. The molecule has 0 bridgehead atoms. The van der Waals surface area contributed by atoms with Gasteiger partial charge in [-0.1, -0.05) is 0 Å². The summed E-state index contributed by atoms with van der Waals surface area (Å²) >= 11 is 0. The fourth-order valence-electron chi connectivity index (χ4n) is 0.362. The molecule has 0 aliphatic rings. The maximum Gasteiger partial charge on any atom is 0.293 e. The SMILES string of the molecule is [CH2]C(OC=O)C(C)(C)OC. The molecule has 0 aliphatic heterocycles. The van der Waals surface area contributed by atoms with Crippen molar-refractivity contribution in [2.75, 3.05) is 7.11 Å². The van der Waals surface area contributed by atoms with Crippen LogP contribution in [0.4, 0.5) is 0 Å². The van der Waals surface area contributed by atoms with Crippen LogP contribution in [-0.2, 0) is 14.3 Å². The molecule has 0 aromatic carbocycles. The molecule has 1 radical (unpaired) electrons. The Hall–Kier alpha value is -0.570. The van der Waals surface area contributed by atoms with E-state index < -0.39 is 11.7 Å². The molecular formula is C7H13O3. The van der Waals surface area contributed by atoms with Gasteiger partial charge >= 0.3 is 0 Å². The Morgan fingerprint density at radius 3 is 2.40 bits per heavy atom. The smallest absolute Gasteiger partial charge is 0.293 e. The Morgan fingerprint density at radius 1 is 1.60 bits per heavy atom. The van der Waals surface area contributed by atoms with Crippen molar-refractivity contribution in [1.82, 2.24) is 0 Å². The van der Waals surface area contributed by atoms with Crippen molar-refractivity contribution in [3.05, 3.63) is 6.92 Å². The van der Waals surface area contributed by atoms with Crippen LogP contribution in [0.15, 0.2) is 0 Å². The van der Waals surface area contributed by atoms with Gasteiger partial charge in [-0.2, -0.15) is 0 Å². The first-order chi connectivity index (χ1) is 4.54. The molecule has 0 fully saturated rings. The first kappa shape index (κ1) is 9.43. The molecule has 59 valence electrons. The molecule has 1 unspecified atom stereocenters. The number of hydrogen-bond acceptors (Lipinski definition) is 3. The van der Waals surface area contributed by atoms with E-state index in [-0.39, 0.29) is 0 Å². The third-order valence-electron chi connectivity index (χ3n) is 1.52. The van der Waals surface area contributed by atoms with Crippen LogP contribution in [0.2, 0.25) is 0 Å². The standard InChI is InChI=1S/C7H13O3/c1-6(10-5-8)7(2,3)9-4/h5-6H,1H2,2-4H3. The highest BCUT2D eigenvalue weighted by Gasteiger charge is 2.26. The molecule has 10 heavy (non-hydrogen) atoms. The summed E-state index contributed by atoms with van der Waals surface area (Å²) in [6, 6.07) is 0. The monoisotopic (exact) mass is 145 g/mol. The van der Waals surface area contributed by atoms with Crippen molar-refractivity contribution in [3.63, 3.8) is 0 Å². The van der Waals surface area contributed by atoms with Crippen LogP contribution >= 0.6 is 0 Å². The summed E-state index contributed by atoms with van der Waals surface area (Å²) in [5, 5.41) is 0. The lowest BCUT2D eigenvalue weighted by Gasteiger charge is -2.28. The second-order valence-electron chi connectivity index (χ2n) is 2.53. The van der Waals surface area contributed by atoms with Crippen molar-refractivity contribution in [2.45, 2.75) is 25.6 Å².